The predicted molar refractivity (Wildman–Crippen MR) is 73.9 cm³/mol. The summed E-state index contributed by atoms with van der Waals surface area (Å²) in [5.41, 5.74) is 0. The molecule has 0 radical (unpaired) electrons. The van der Waals surface area contributed by atoms with Gasteiger partial charge in [0.1, 0.15) is 9.88 Å². The van der Waals surface area contributed by atoms with E-state index in [1.54, 1.807) is 13.2 Å². The Balaban J connectivity index is 2.10. The molecule has 0 aromatic carbocycles. The largest absolute Gasteiger partial charge is 0.354 e. The minimum absolute atomic E-state index is 0.0350. The van der Waals surface area contributed by atoms with Crippen molar-refractivity contribution in [1.82, 2.24) is 15.2 Å². The van der Waals surface area contributed by atoms with Crippen LogP contribution in [0, 0.1) is 5.92 Å². The normalized spacial score (nSPS) is 20.6. The van der Waals surface area contributed by atoms with E-state index in [9.17, 15) is 4.79 Å². The highest BCUT2D eigenvalue weighted by molar-refractivity contribution is 7.13. The monoisotopic (exact) mass is 267 g/mol. The summed E-state index contributed by atoms with van der Waals surface area (Å²) in [6.07, 6.45) is 4.09. The maximum Gasteiger partial charge on any atom is 0.262 e. The third-order valence-corrected chi connectivity index (χ3v) is 4.32. The first-order valence-corrected chi connectivity index (χ1v) is 7.35. The Morgan fingerprint density at radius 3 is 3.11 bits per heavy atom. The van der Waals surface area contributed by atoms with Gasteiger partial charge in [-0.25, -0.2) is 4.98 Å². The van der Waals surface area contributed by atoms with Gasteiger partial charge in [-0.1, -0.05) is 13.8 Å². The number of carbonyl (C=O) groups excluding carboxylic acids is 1. The van der Waals surface area contributed by atoms with Gasteiger partial charge in [-0.05, 0) is 25.3 Å². The molecule has 0 unspecified atom stereocenters. The highest BCUT2D eigenvalue weighted by Gasteiger charge is 2.29. The molecule has 1 aliphatic heterocycles. The molecule has 1 atom stereocenters. The van der Waals surface area contributed by atoms with Gasteiger partial charge in [0.15, 0.2) is 0 Å². The summed E-state index contributed by atoms with van der Waals surface area (Å²) in [5, 5.41) is 3.74. The Kier molecular flexibility index (Phi) is 4.35. The van der Waals surface area contributed by atoms with Crippen LogP contribution in [0.5, 0.6) is 0 Å². The van der Waals surface area contributed by atoms with Crippen molar-refractivity contribution >= 4 is 17.2 Å². The number of rotatable bonds is 4. The molecule has 0 bridgehead atoms. The zero-order valence-electron chi connectivity index (χ0n) is 11.3. The van der Waals surface area contributed by atoms with Crippen LogP contribution in [0.4, 0.5) is 0 Å². The topological polar surface area (TPSA) is 45.2 Å². The molecule has 1 saturated heterocycles. The number of likely N-dealkylation sites (tertiary alicyclic amines) is 1. The summed E-state index contributed by atoms with van der Waals surface area (Å²) in [7, 11) is 1.66. The molecule has 0 spiro atoms. The lowest BCUT2D eigenvalue weighted by Crippen LogP contribution is -2.27. The Morgan fingerprint density at radius 2 is 2.44 bits per heavy atom. The lowest BCUT2D eigenvalue weighted by atomic mass is 10.2. The quantitative estimate of drug-likeness (QED) is 0.910. The van der Waals surface area contributed by atoms with Gasteiger partial charge >= 0.3 is 0 Å². The fourth-order valence-corrected chi connectivity index (χ4v) is 3.50. The molecule has 2 heterocycles. The second kappa shape index (κ2) is 5.80. The van der Waals surface area contributed by atoms with Crippen molar-refractivity contribution in [3.05, 3.63) is 16.1 Å². The first kappa shape index (κ1) is 13.5. The van der Waals surface area contributed by atoms with E-state index in [0.29, 0.717) is 16.8 Å². The molecule has 5 heteroatoms. The van der Waals surface area contributed by atoms with E-state index in [1.807, 2.05) is 0 Å². The average molecular weight is 267 g/mol. The summed E-state index contributed by atoms with van der Waals surface area (Å²) < 4.78 is 0. The van der Waals surface area contributed by atoms with E-state index in [1.165, 1.54) is 17.8 Å². The summed E-state index contributed by atoms with van der Waals surface area (Å²) >= 11 is 1.53. The first-order chi connectivity index (χ1) is 8.61. The van der Waals surface area contributed by atoms with E-state index < -0.39 is 0 Å². The molecular weight excluding hydrogens is 246 g/mol. The van der Waals surface area contributed by atoms with Crippen LogP contribution in [0.25, 0.3) is 0 Å². The molecule has 1 aromatic heterocycles. The van der Waals surface area contributed by atoms with Gasteiger partial charge in [-0.15, -0.1) is 11.3 Å². The van der Waals surface area contributed by atoms with Crippen LogP contribution in [0.2, 0.25) is 0 Å². The standard InChI is InChI=1S/C13H21N3OS/c1-9(2)8-16-6-4-5-10(16)13-15-7-11(18-13)12(17)14-3/h7,9-10H,4-6,8H2,1-3H3,(H,14,17)/t10-/m0/s1. The van der Waals surface area contributed by atoms with Gasteiger partial charge in [-0.3, -0.25) is 9.69 Å². The Bertz CT molecular complexity index is 416. The van der Waals surface area contributed by atoms with Crippen LogP contribution >= 0.6 is 11.3 Å². The molecule has 1 N–H and O–H groups in total. The van der Waals surface area contributed by atoms with Gasteiger partial charge in [0.05, 0.1) is 12.2 Å². The van der Waals surface area contributed by atoms with E-state index >= 15 is 0 Å². The number of carbonyl (C=O) groups is 1. The van der Waals surface area contributed by atoms with Crippen molar-refractivity contribution in [1.29, 1.82) is 0 Å². The van der Waals surface area contributed by atoms with E-state index in [0.717, 1.165) is 24.5 Å². The first-order valence-electron chi connectivity index (χ1n) is 6.53. The van der Waals surface area contributed by atoms with E-state index in [-0.39, 0.29) is 5.91 Å². The van der Waals surface area contributed by atoms with Crippen molar-refractivity contribution in [2.45, 2.75) is 32.7 Å². The summed E-state index contributed by atoms with van der Waals surface area (Å²) in [4.78, 5) is 19.2. The zero-order chi connectivity index (χ0) is 13.1. The van der Waals surface area contributed by atoms with Crippen LogP contribution in [-0.2, 0) is 0 Å². The van der Waals surface area contributed by atoms with Crippen molar-refractivity contribution in [2.75, 3.05) is 20.1 Å². The van der Waals surface area contributed by atoms with Gasteiger partial charge in [0, 0.05) is 13.6 Å². The molecular formula is C13H21N3OS. The van der Waals surface area contributed by atoms with Crippen LogP contribution in [0.1, 0.15) is 47.4 Å². The summed E-state index contributed by atoms with van der Waals surface area (Å²) in [6, 6.07) is 0.413. The minimum Gasteiger partial charge on any atom is -0.354 e. The van der Waals surface area contributed by atoms with Crippen molar-refractivity contribution in [3.8, 4) is 0 Å². The van der Waals surface area contributed by atoms with Crippen molar-refractivity contribution in [2.24, 2.45) is 5.92 Å². The predicted octanol–water partition coefficient (Wildman–Crippen LogP) is 2.30. The van der Waals surface area contributed by atoms with Crippen LogP contribution in [-0.4, -0.2) is 35.9 Å². The summed E-state index contributed by atoms with van der Waals surface area (Å²) in [6.45, 7) is 6.75. The smallest absolute Gasteiger partial charge is 0.262 e. The number of hydrogen-bond acceptors (Lipinski definition) is 4. The number of aromatic nitrogens is 1. The molecule has 4 nitrogen and oxygen atoms in total. The molecule has 1 aromatic rings. The van der Waals surface area contributed by atoms with Gasteiger partial charge in [0.25, 0.3) is 5.91 Å². The number of hydrogen-bond donors (Lipinski definition) is 1. The highest BCUT2D eigenvalue weighted by Crippen LogP contribution is 2.34. The van der Waals surface area contributed by atoms with Gasteiger partial charge in [-0.2, -0.15) is 0 Å². The number of nitrogens with zero attached hydrogens (tertiary/aromatic N) is 2. The lowest BCUT2D eigenvalue weighted by molar-refractivity contribution is 0.0967. The Morgan fingerprint density at radius 1 is 1.67 bits per heavy atom. The van der Waals surface area contributed by atoms with Crippen LogP contribution in [0.3, 0.4) is 0 Å². The molecule has 1 fully saturated rings. The molecule has 2 rings (SSSR count). The van der Waals surface area contributed by atoms with Gasteiger partial charge in [0.2, 0.25) is 0 Å². The SMILES string of the molecule is CNC(=O)c1cnc([C@@H]2CCCN2CC(C)C)s1. The molecule has 1 aliphatic rings. The molecule has 0 aliphatic carbocycles. The van der Waals surface area contributed by atoms with Crippen molar-refractivity contribution in [3.63, 3.8) is 0 Å². The molecule has 100 valence electrons. The Hall–Kier alpha value is -0.940. The maximum atomic E-state index is 11.5. The fourth-order valence-electron chi connectivity index (χ4n) is 2.46. The maximum absolute atomic E-state index is 11.5. The number of nitrogens with one attached hydrogen (secondary N) is 1. The second-order valence-electron chi connectivity index (χ2n) is 5.19. The Labute approximate surface area is 112 Å². The van der Waals surface area contributed by atoms with Crippen molar-refractivity contribution < 1.29 is 4.79 Å². The fraction of sp³-hybridized carbons (Fsp3) is 0.692. The highest BCUT2D eigenvalue weighted by atomic mass is 32.1. The molecule has 18 heavy (non-hydrogen) atoms. The van der Waals surface area contributed by atoms with Crippen LogP contribution < -0.4 is 5.32 Å². The van der Waals surface area contributed by atoms with E-state index in [2.05, 4.69) is 29.0 Å². The summed E-state index contributed by atoms with van der Waals surface area (Å²) in [5.74, 6) is 0.635. The minimum atomic E-state index is -0.0350. The molecule has 0 saturated carbocycles. The van der Waals surface area contributed by atoms with E-state index in [4.69, 9.17) is 0 Å². The van der Waals surface area contributed by atoms with Crippen LogP contribution in [0.15, 0.2) is 6.20 Å². The average Bonchev–Trinajstić information content (AvgIpc) is 2.95. The lowest BCUT2D eigenvalue weighted by Gasteiger charge is -2.24. The second-order valence-corrected chi connectivity index (χ2v) is 6.25. The molecule has 1 amide bonds. The third-order valence-electron chi connectivity index (χ3n) is 3.22. The third kappa shape index (κ3) is 2.90. The number of amides is 1. The van der Waals surface area contributed by atoms with Gasteiger partial charge < -0.3 is 5.32 Å². The number of thiazole rings is 1. The zero-order valence-corrected chi connectivity index (χ0v) is 12.1.